The molecule has 0 aliphatic carbocycles. The van der Waals surface area contributed by atoms with Gasteiger partial charge in [0.25, 0.3) is 0 Å². The molecule has 1 aromatic heterocycles. The molecule has 0 radical (unpaired) electrons. The van der Waals surface area contributed by atoms with Crippen molar-refractivity contribution in [2.75, 3.05) is 32.7 Å². The molecule has 2 aliphatic rings. The minimum absolute atomic E-state index is 0.0586. The lowest BCUT2D eigenvalue weighted by molar-refractivity contribution is -0.136. The SMILES string of the molecule is O=C(CN1CCCCC1)NC(c1ccc(C(F)(F)F)c2ncccc12)C1CCNCC1. The number of aromatic nitrogens is 1. The Morgan fingerprint density at radius 1 is 1.16 bits per heavy atom. The van der Waals surface area contributed by atoms with Crippen LogP contribution in [0.25, 0.3) is 10.9 Å². The Labute approximate surface area is 180 Å². The number of alkyl halides is 3. The third-order valence-corrected chi connectivity index (χ3v) is 6.43. The highest BCUT2D eigenvalue weighted by atomic mass is 19.4. The molecule has 1 aromatic carbocycles. The number of pyridine rings is 1. The number of halogens is 3. The molecule has 2 aromatic rings. The summed E-state index contributed by atoms with van der Waals surface area (Å²) in [5.41, 5.74) is -0.0812. The largest absolute Gasteiger partial charge is 0.418 e. The molecule has 31 heavy (non-hydrogen) atoms. The lowest BCUT2D eigenvalue weighted by atomic mass is 9.84. The molecular formula is C23H29F3N4O. The number of rotatable bonds is 5. The Balaban J connectivity index is 1.66. The van der Waals surface area contributed by atoms with E-state index in [0.29, 0.717) is 11.9 Å². The zero-order valence-electron chi connectivity index (χ0n) is 17.5. The van der Waals surface area contributed by atoms with E-state index < -0.39 is 11.7 Å². The Kier molecular flexibility index (Phi) is 6.77. The number of amides is 1. The number of piperidine rings is 2. The van der Waals surface area contributed by atoms with Crippen molar-refractivity contribution >= 4 is 16.8 Å². The zero-order chi connectivity index (χ0) is 21.8. The summed E-state index contributed by atoms with van der Waals surface area (Å²) in [5.74, 6) is 0.0917. The van der Waals surface area contributed by atoms with Crippen LogP contribution in [0.4, 0.5) is 13.2 Å². The highest BCUT2D eigenvalue weighted by molar-refractivity contribution is 5.87. The summed E-state index contributed by atoms with van der Waals surface area (Å²) < 4.78 is 40.7. The standard InChI is InChI=1S/C23H29F3N4O/c24-23(25,26)19-7-6-18(17-5-4-10-28-22(17)19)21(16-8-11-27-12-9-16)29-20(31)15-30-13-2-1-3-14-30/h4-7,10,16,21,27H,1-3,8-9,11-15H2,(H,29,31). The third-order valence-electron chi connectivity index (χ3n) is 6.43. The van der Waals surface area contributed by atoms with Crippen molar-refractivity contribution in [2.45, 2.75) is 44.3 Å². The van der Waals surface area contributed by atoms with Gasteiger partial charge in [-0.25, -0.2) is 0 Å². The third kappa shape index (κ3) is 5.18. The molecule has 2 saturated heterocycles. The van der Waals surface area contributed by atoms with E-state index in [9.17, 15) is 18.0 Å². The van der Waals surface area contributed by atoms with Gasteiger partial charge in [0.05, 0.1) is 23.7 Å². The van der Waals surface area contributed by atoms with Crippen molar-refractivity contribution in [1.29, 1.82) is 0 Å². The first-order valence-corrected chi connectivity index (χ1v) is 11.1. The number of nitrogens with one attached hydrogen (secondary N) is 2. The average Bonchev–Trinajstić information content (AvgIpc) is 2.77. The van der Waals surface area contributed by atoms with Gasteiger partial charge >= 0.3 is 6.18 Å². The van der Waals surface area contributed by atoms with E-state index in [4.69, 9.17) is 0 Å². The summed E-state index contributed by atoms with van der Waals surface area (Å²) in [4.78, 5) is 19.1. The van der Waals surface area contributed by atoms with Gasteiger partial charge in [0.15, 0.2) is 0 Å². The molecule has 2 aliphatic heterocycles. The van der Waals surface area contributed by atoms with Gasteiger partial charge in [0.2, 0.25) is 5.91 Å². The first-order valence-electron chi connectivity index (χ1n) is 11.1. The van der Waals surface area contributed by atoms with Crippen molar-refractivity contribution in [3.8, 4) is 0 Å². The summed E-state index contributed by atoms with van der Waals surface area (Å²) in [6.07, 6.45) is 2.01. The van der Waals surface area contributed by atoms with Crippen LogP contribution in [0, 0.1) is 5.92 Å². The van der Waals surface area contributed by atoms with Gasteiger partial charge < -0.3 is 10.6 Å². The molecule has 4 rings (SSSR count). The van der Waals surface area contributed by atoms with Crippen LogP contribution in [0.2, 0.25) is 0 Å². The summed E-state index contributed by atoms with van der Waals surface area (Å²) >= 11 is 0. The molecule has 1 amide bonds. The second-order valence-corrected chi connectivity index (χ2v) is 8.57. The molecule has 2 fully saturated rings. The highest BCUT2D eigenvalue weighted by Gasteiger charge is 2.35. The molecule has 2 N–H and O–H groups in total. The molecule has 0 spiro atoms. The van der Waals surface area contributed by atoms with Crippen LogP contribution in [-0.4, -0.2) is 48.5 Å². The molecule has 168 valence electrons. The minimum Gasteiger partial charge on any atom is -0.348 e. The lowest BCUT2D eigenvalue weighted by Gasteiger charge is -2.33. The summed E-state index contributed by atoms with van der Waals surface area (Å²) in [6.45, 7) is 3.83. The van der Waals surface area contributed by atoms with E-state index >= 15 is 0 Å². The quantitative estimate of drug-likeness (QED) is 0.750. The maximum atomic E-state index is 13.6. The van der Waals surface area contributed by atoms with Gasteiger partial charge in [-0.2, -0.15) is 13.2 Å². The van der Waals surface area contributed by atoms with Crippen LogP contribution < -0.4 is 10.6 Å². The molecule has 1 unspecified atom stereocenters. The van der Waals surface area contributed by atoms with E-state index in [-0.39, 0.29) is 23.4 Å². The topological polar surface area (TPSA) is 57.3 Å². The monoisotopic (exact) mass is 434 g/mol. The molecule has 5 nitrogen and oxygen atoms in total. The van der Waals surface area contributed by atoms with Crippen molar-refractivity contribution in [1.82, 2.24) is 20.5 Å². The molecule has 1 atom stereocenters. The average molecular weight is 435 g/mol. The van der Waals surface area contributed by atoms with E-state index in [0.717, 1.165) is 63.5 Å². The fourth-order valence-corrected chi connectivity index (χ4v) is 4.86. The lowest BCUT2D eigenvalue weighted by Crippen LogP contribution is -2.44. The second kappa shape index (κ2) is 9.53. The maximum Gasteiger partial charge on any atom is 0.418 e. The van der Waals surface area contributed by atoms with Gasteiger partial charge in [-0.3, -0.25) is 14.7 Å². The van der Waals surface area contributed by atoms with Crippen molar-refractivity contribution in [2.24, 2.45) is 5.92 Å². The van der Waals surface area contributed by atoms with E-state index in [1.807, 2.05) is 0 Å². The number of hydrogen-bond acceptors (Lipinski definition) is 4. The number of likely N-dealkylation sites (tertiary alicyclic amines) is 1. The van der Waals surface area contributed by atoms with E-state index in [2.05, 4.69) is 20.5 Å². The molecule has 8 heteroatoms. The zero-order valence-corrected chi connectivity index (χ0v) is 17.5. The highest BCUT2D eigenvalue weighted by Crippen LogP contribution is 2.39. The van der Waals surface area contributed by atoms with Crippen molar-refractivity contribution < 1.29 is 18.0 Å². The number of carbonyl (C=O) groups is 1. The van der Waals surface area contributed by atoms with Gasteiger partial charge in [-0.15, -0.1) is 0 Å². The van der Waals surface area contributed by atoms with Crippen LogP contribution in [0.5, 0.6) is 0 Å². The van der Waals surface area contributed by atoms with Crippen molar-refractivity contribution in [3.05, 3.63) is 41.6 Å². The molecule has 0 bridgehead atoms. The number of carbonyl (C=O) groups excluding carboxylic acids is 1. The summed E-state index contributed by atoms with van der Waals surface area (Å²) in [6, 6.07) is 5.63. The Bertz CT molecular complexity index is 905. The number of benzene rings is 1. The summed E-state index contributed by atoms with van der Waals surface area (Å²) in [5, 5.41) is 6.96. The van der Waals surface area contributed by atoms with Gasteiger partial charge in [-0.1, -0.05) is 18.6 Å². The maximum absolute atomic E-state index is 13.6. The predicted octanol–water partition coefficient (Wildman–Crippen LogP) is 3.90. The fourth-order valence-electron chi connectivity index (χ4n) is 4.86. The molecule has 3 heterocycles. The first kappa shape index (κ1) is 22.0. The summed E-state index contributed by atoms with van der Waals surface area (Å²) in [7, 11) is 0. The fraction of sp³-hybridized carbons (Fsp3) is 0.565. The van der Waals surface area contributed by atoms with Crippen LogP contribution in [-0.2, 0) is 11.0 Å². The second-order valence-electron chi connectivity index (χ2n) is 8.57. The Hall–Kier alpha value is -2.19. The normalized spacial score (nSPS) is 20.0. The van der Waals surface area contributed by atoms with Crippen LogP contribution >= 0.6 is 0 Å². The minimum atomic E-state index is -4.48. The van der Waals surface area contributed by atoms with Crippen LogP contribution in [0.15, 0.2) is 30.5 Å². The molecular weight excluding hydrogens is 405 g/mol. The Morgan fingerprint density at radius 3 is 2.61 bits per heavy atom. The first-order chi connectivity index (χ1) is 14.9. The molecule has 0 saturated carbocycles. The van der Waals surface area contributed by atoms with Gasteiger partial charge in [0.1, 0.15) is 0 Å². The van der Waals surface area contributed by atoms with Gasteiger partial charge in [-0.05, 0) is 75.5 Å². The number of fused-ring (bicyclic) bond motifs is 1. The number of hydrogen-bond donors (Lipinski definition) is 2. The van der Waals surface area contributed by atoms with Crippen LogP contribution in [0.3, 0.4) is 0 Å². The van der Waals surface area contributed by atoms with Gasteiger partial charge in [0, 0.05) is 11.6 Å². The van der Waals surface area contributed by atoms with E-state index in [1.54, 1.807) is 12.1 Å². The predicted molar refractivity (Wildman–Crippen MR) is 114 cm³/mol. The van der Waals surface area contributed by atoms with Crippen LogP contribution in [0.1, 0.15) is 49.3 Å². The Morgan fingerprint density at radius 2 is 1.90 bits per heavy atom. The van der Waals surface area contributed by atoms with Crippen molar-refractivity contribution in [3.63, 3.8) is 0 Å². The van der Waals surface area contributed by atoms with E-state index in [1.165, 1.54) is 18.7 Å². The smallest absolute Gasteiger partial charge is 0.348 e. The number of nitrogens with zero attached hydrogens (tertiary/aromatic N) is 2.